The molecule has 7 nitrogen and oxygen atoms in total. The summed E-state index contributed by atoms with van der Waals surface area (Å²) in [4.78, 5) is 0. The van der Waals surface area contributed by atoms with Gasteiger partial charge < -0.3 is 0 Å². The lowest BCUT2D eigenvalue weighted by atomic mass is 10.0. The third-order valence-electron chi connectivity index (χ3n) is 5.16. The Labute approximate surface area is 188 Å². The Bertz CT molecular complexity index is 1220. The molecule has 2 atom stereocenters. The molecule has 0 amide bonds. The summed E-state index contributed by atoms with van der Waals surface area (Å²) in [6.07, 6.45) is 4.91. The number of tetrazole rings is 1. The van der Waals surface area contributed by atoms with Crippen molar-refractivity contribution in [2.75, 3.05) is 6.67 Å². The van der Waals surface area contributed by atoms with Crippen molar-refractivity contribution in [2.45, 2.75) is 19.0 Å². The van der Waals surface area contributed by atoms with Crippen molar-refractivity contribution >= 4 is 17.8 Å². The van der Waals surface area contributed by atoms with Crippen LogP contribution in [0.3, 0.4) is 0 Å². The minimum Gasteiger partial charge on any atom is -0.294 e. The topological polar surface area (TPSA) is 73.5 Å². The third kappa shape index (κ3) is 4.30. The van der Waals surface area contributed by atoms with E-state index < -0.39 is 24.6 Å². The molecule has 0 radical (unpaired) electrons. The molecule has 2 unspecified atom stereocenters. The summed E-state index contributed by atoms with van der Waals surface area (Å²) < 4.78 is 30.6. The van der Waals surface area contributed by atoms with Crippen molar-refractivity contribution in [3.63, 3.8) is 0 Å². The molecule has 164 valence electrons. The molecule has 0 aliphatic heterocycles. The number of nitrogens with one attached hydrogen (secondary N) is 1. The fourth-order valence-corrected chi connectivity index (χ4v) is 3.59. The lowest BCUT2D eigenvalue weighted by Crippen LogP contribution is -2.30. The highest BCUT2D eigenvalue weighted by Crippen LogP contribution is 2.29. The molecule has 4 aromatic rings. The second-order valence-electron chi connectivity index (χ2n) is 7.13. The van der Waals surface area contributed by atoms with Gasteiger partial charge in [-0.05, 0) is 52.7 Å². The van der Waals surface area contributed by atoms with Crippen LogP contribution in [-0.4, -0.2) is 36.7 Å². The van der Waals surface area contributed by atoms with Gasteiger partial charge in [0.2, 0.25) is 0 Å². The zero-order valence-corrected chi connectivity index (χ0v) is 17.9. The number of aromatic nitrogens is 6. The highest BCUT2D eigenvalue weighted by atomic mass is 35.5. The Kier molecular flexibility index (Phi) is 6.38. The molecular weight excluding hydrogens is 436 g/mol. The molecule has 0 saturated carbocycles. The first-order valence-electron chi connectivity index (χ1n) is 9.79. The quantitative estimate of drug-likeness (QED) is 0.425. The Morgan fingerprint density at radius 2 is 1.97 bits per heavy atom. The fraction of sp³-hybridized carbons (Fsp3) is 0.182. The third-order valence-corrected chi connectivity index (χ3v) is 5.56. The summed E-state index contributed by atoms with van der Waals surface area (Å²) in [5, 5.41) is 20.3. The van der Waals surface area contributed by atoms with Crippen LogP contribution in [0.4, 0.5) is 8.78 Å². The number of halogens is 3. The summed E-state index contributed by atoms with van der Waals surface area (Å²) in [7, 11) is 0. The van der Waals surface area contributed by atoms with Gasteiger partial charge in [0.25, 0.3) is 0 Å². The van der Waals surface area contributed by atoms with Gasteiger partial charge in [0.1, 0.15) is 12.5 Å². The number of hydrogen-bond acceptors (Lipinski definition) is 5. The van der Waals surface area contributed by atoms with Gasteiger partial charge in [0.05, 0.1) is 24.0 Å². The zero-order chi connectivity index (χ0) is 22.7. The standard InChI is InChI=1S/C22H20ClF2N7/c1-3-31-13-16(12-26-31)21(27-19(11-24)15-7-9-17(25)10-8-15)22-28-29-30-32(22)20-6-4-5-18(23)14(20)2/h3-10,12-13,19,21,27H,1,11H2,2H3. The zero-order valence-electron chi connectivity index (χ0n) is 17.2. The van der Waals surface area contributed by atoms with Crippen LogP contribution in [0.15, 0.2) is 61.4 Å². The molecule has 0 saturated heterocycles. The predicted octanol–water partition coefficient (Wildman–Crippen LogP) is 4.45. The second kappa shape index (κ2) is 9.37. The van der Waals surface area contributed by atoms with E-state index in [1.54, 1.807) is 41.3 Å². The number of nitrogens with zero attached hydrogens (tertiary/aromatic N) is 6. The van der Waals surface area contributed by atoms with Crippen molar-refractivity contribution in [2.24, 2.45) is 0 Å². The second-order valence-corrected chi connectivity index (χ2v) is 7.53. The van der Waals surface area contributed by atoms with Gasteiger partial charge in [-0.3, -0.25) is 5.32 Å². The van der Waals surface area contributed by atoms with Crippen LogP contribution in [0, 0.1) is 12.7 Å². The molecule has 2 aromatic carbocycles. The van der Waals surface area contributed by atoms with E-state index in [0.29, 0.717) is 27.7 Å². The summed E-state index contributed by atoms with van der Waals surface area (Å²) in [5.41, 5.74) is 2.77. The largest absolute Gasteiger partial charge is 0.294 e. The average Bonchev–Trinajstić information content (AvgIpc) is 3.47. The summed E-state index contributed by atoms with van der Waals surface area (Å²) in [6.45, 7) is 4.85. The lowest BCUT2D eigenvalue weighted by molar-refractivity contribution is 0.358. The van der Waals surface area contributed by atoms with Gasteiger partial charge in [-0.2, -0.15) is 9.78 Å². The Balaban J connectivity index is 1.79. The van der Waals surface area contributed by atoms with Crippen LogP contribution >= 0.6 is 11.6 Å². The molecule has 4 rings (SSSR count). The van der Waals surface area contributed by atoms with E-state index in [2.05, 4.69) is 32.5 Å². The maximum atomic E-state index is 14.1. The Morgan fingerprint density at radius 1 is 1.19 bits per heavy atom. The number of rotatable bonds is 8. The SMILES string of the molecule is C=Cn1cc(C(NC(CF)c2ccc(F)cc2)c2nnnn2-c2cccc(Cl)c2C)cn1. The molecule has 32 heavy (non-hydrogen) atoms. The molecule has 1 N–H and O–H groups in total. The van der Waals surface area contributed by atoms with Crippen molar-refractivity contribution in [3.05, 3.63) is 94.8 Å². The van der Waals surface area contributed by atoms with Crippen LogP contribution in [0.2, 0.25) is 5.02 Å². The molecule has 2 heterocycles. The molecule has 10 heteroatoms. The van der Waals surface area contributed by atoms with E-state index >= 15 is 0 Å². The van der Waals surface area contributed by atoms with Crippen LogP contribution in [0.1, 0.15) is 34.6 Å². The summed E-state index contributed by atoms with van der Waals surface area (Å²) in [5.74, 6) is 0.0232. The molecule has 0 aliphatic carbocycles. The van der Waals surface area contributed by atoms with E-state index in [0.717, 1.165) is 5.56 Å². The summed E-state index contributed by atoms with van der Waals surface area (Å²) >= 11 is 6.30. The predicted molar refractivity (Wildman–Crippen MR) is 118 cm³/mol. The minimum absolute atomic E-state index is 0.393. The van der Waals surface area contributed by atoms with E-state index in [1.165, 1.54) is 23.0 Å². The van der Waals surface area contributed by atoms with E-state index in [9.17, 15) is 8.78 Å². The molecule has 0 spiro atoms. The van der Waals surface area contributed by atoms with Gasteiger partial charge in [0.15, 0.2) is 5.82 Å². The molecule has 2 aromatic heterocycles. The van der Waals surface area contributed by atoms with Crippen molar-refractivity contribution in [3.8, 4) is 5.69 Å². The van der Waals surface area contributed by atoms with Crippen LogP contribution < -0.4 is 5.32 Å². The lowest BCUT2D eigenvalue weighted by Gasteiger charge is -2.23. The van der Waals surface area contributed by atoms with E-state index in [1.807, 2.05) is 13.0 Å². The number of hydrogen-bond donors (Lipinski definition) is 1. The van der Waals surface area contributed by atoms with Crippen molar-refractivity contribution < 1.29 is 8.78 Å². The smallest absolute Gasteiger partial charge is 0.178 e. The maximum Gasteiger partial charge on any atom is 0.178 e. The minimum atomic E-state index is -0.738. The monoisotopic (exact) mass is 455 g/mol. The van der Waals surface area contributed by atoms with Crippen molar-refractivity contribution in [1.29, 1.82) is 0 Å². The first-order chi connectivity index (χ1) is 15.5. The Morgan fingerprint density at radius 3 is 2.66 bits per heavy atom. The van der Waals surface area contributed by atoms with E-state index in [4.69, 9.17) is 11.6 Å². The first-order valence-corrected chi connectivity index (χ1v) is 10.2. The van der Waals surface area contributed by atoms with Crippen LogP contribution in [0.25, 0.3) is 11.9 Å². The van der Waals surface area contributed by atoms with Gasteiger partial charge >= 0.3 is 0 Å². The van der Waals surface area contributed by atoms with Gasteiger partial charge in [-0.15, -0.1) is 5.10 Å². The number of alkyl halides is 1. The molecular formula is C22H20ClF2N7. The molecule has 0 fully saturated rings. The van der Waals surface area contributed by atoms with Gasteiger partial charge in [0, 0.05) is 23.0 Å². The van der Waals surface area contributed by atoms with Gasteiger partial charge in [-0.25, -0.2) is 13.5 Å². The highest BCUT2D eigenvalue weighted by Gasteiger charge is 2.27. The van der Waals surface area contributed by atoms with Crippen molar-refractivity contribution in [1.82, 2.24) is 35.3 Å². The summed E-state index contributed by atoms with van der Waals surface area (Å²) in [6, 6.07) is 9.73. The number of benzene rings is 2. The van der Waals surface area contributed by atoms with Crippen LogP contribution in [-0.2, 0) is 0 Å². The van der Waals surface area contributed by atoms with E-state index in [-0.39, 0.29) is 0 Å². The molecule has 0 aliphatic rings. The normalized spacial score (nSPS) is 13.1. The maximum absolute atomic E-state index is 14.1. The van der Waals surface area contributed by atoms with Gasteiger partial charge in [-0.1, -0.05) is 36.4 Å². The average molecular weight is 456 g/mol. The molecule has 0 bridgehead atoms. The van der Waals surface area contributed by atoms with Crippen LogP contribution in [0.5, 0.6) is 0 Å². The highest BCUT2D eigenvalue weighted by molar-refractivity contribution is 6.31. The fourth-order valence-electron chi connectivity index (χ4n) is 3.42. The Hall–Kier alpha value is -3.43. The first kappa shape index (κ1) is 21.8.